The van der Waals surface area contributed by atoms with Crippen LogP contribution in [0.5, 0.6) is 0 Å². The maximum absolute atomic E-state index is 14.0. The lowest BCUT2D eigenvalue weighted by molar-refractivity contribution is 0.422. The van der Waals surface area contributed by atoms with Crippen LogP contribution < -0.4 is 11.3 Å². The lowest BCUT2D eigenvalue weighted by Crippen LogP contribution is -2.32. The summed E-state index contributed by atoms with van der Waals surface area (Å²) in [4.78, 5) is 0. The Morgan fingerprint density at radius 1 is 1.25 bits per heavy atom. The number of hydrogen-bond donors (Lipinski definition) is 2. The molecule has 2 unspecified atom stereocenters. The second-order valence-corrected chi connectivity index (χ2v) is 5.60. The Bertz CT molecular complexity index is 609. The molecule has 20 heavy (non-hydrogen) atoms. The van der Waals surface area contributed by atoms with E-state index in [0.29, 0.717) is 16.5 Å². The van der Waals surface area contributed by atoms with Gasteiger partial charge in [-0.05, 0) is 42.0 Å². The number of nitrogens with two attached hydrogens (primary N) is 1. The first-order valence-electron chi connectivity index (χ1n) is 6.68. The van der Waals surface area contributed by atoms with E-state index >= 15 is 0 Å². The molecule has 0 heterocycles. The van der Waals surface area contributed by atoms with Crippen molar-refractivity contribution in [3.05, 3.63) is 70.0 Å². The van der Waals surface area contributed by atoms with E-state index < -0.39 is 0 Å². The molecule has 2 aromatic carbocycles. The highest BCUT2D eigenvalue weighted by molar-refractivity contribution is 6.31. The molecule has 0 aliphatic heterocycles. The fraction of sp³-hybridized carbons (Fsp3) is 0.250. The van der Waals surface area contributed by atoms with Crippen molar-refractivity contribution in [1.29, 1.82) is 0 Å². The standard InChI is InChI=1S/C16H16ClFN2/c17-13-6-3-7-14(18)16(13)15(20-19)9-11-8-10-4-1-2-5-12(10)11/h1-7,11,15,20H,8-9,19H2. The van der Waals surface area contributed by atoms with Gasteiger partial charge in [-0.2, -0.15) is 0 Å². The normalized spacial score (nSPS) is 18.2. The number of halogens is 2. The number of fused-ring (bicyclic) bond motifs is 1. The Labute approximate surface area is 122 Å². The molecule has 0 fully saturated rings. The fourth-order valence-corrected chi connectivity index (χ4v) is 3.27. The van der Waals surface area contributed by atoms with Gasteiger partial charge in [0, 0.05) is 10.6 Å². The molecule has 4 heteroatoms. The quantitative estimate of drug-likeness (QED) is 0.665. The van der Waals surface area contributed by atoms with Crippen LogP contribution in [-0.2, 0) is 6.42 Å². The molecule has 2 aromatic rings. The summed E-state index contributed by atoms with van der Waals surface area (Å²) >= 11 is 6.11. The number of rotatable bonds is 4. The van der Waals surface area contributed by atoms with Crippen molar-refractivity contribution in [3.63, 3.8) is 0 Å². The van der Waals surface area contributed by atoms with Gasteiger partial charge in [0.25, 0.3) is 0 Å². The summed E-state index contributed by atoms with van der Waals surface area (Å²) in [6.45, 7) is 0. The monoisotopic (exact) mass is 290 g/mol. The molecular weight excluding hydrogens is 275 g/mol. The van der Waals surface area contributed by atoms with Gasteiger partial charge in [0.1, 0.15) is 5.82 Å². The molecule has 0 radical (unpaired) electrons. The highest BCUT2D eigenvalue weighted by Crippen LogP contribution is 2.41. The van der Waals surface area contributed by atoms with Crippen LogP contribution in [0.15, 0.2) is 42.5 Å². The summed E-state index contributed by atoms with van der Waals surface area (Å²) in [6.07, 6.45) is 1.76. The number of nitrogens with one attached hydrogen (secondary N) is 1. The average Bonchev–Trinajstić information content (AvgIpc) is 2.42. The van der Waals surface area contributed by atoms with Crippen LogP contribution in [0.1, 0.15) is 35.1 Å². The summed E-state index contributed by atoms with van der Waals surface area (Å²) in [5, 5.41) is 0.417. The van der Waals surface area contributed by atoms with E-state index in [-0.39, 0.29) is 11.9 Å². The molecule has 0 bridgehead atoms. The first-order valence-corrected chi connectivity index (χ1v) is 7.06. The van der Waals surface area contributed by atoms with Gasteiger partial charge in [-0.1, -0.05) is 41.9 Å². The average molecular weight is 291 g/mol. The zero-order valence-corrected chi connectivity index (χ0v) is 11.7. The van der Waals surface area contributed by atoms with Crippen molar-refractivity contribution in [3.8, 4) is 0 Å². The van der Waals surface area contributed by atoms with E-state index in [4.69, 9.17) is 17.4 Å². The van der Waals surface area contributed by atoms with Gasteiger partial charge in [0.2, 0.25) is 0 Å². The van der Waals surface area contributed by atoms with Gasteiger partial charge < -0.3 is 0 Å². The molecule has 0 saturated carbocycles. The highest BCUT2D eigenvalue weighted by Gasteiger charge is 2.30. The van der Waals surface area contributed by atoms with Crippen molar-refractivity contribution in [2.75, 3.05) is 0 Å². The second-order valence-electron chi connectivity index (χ2n) is 5.19. The lowest BCUT2D eigenvalue weighted by atomic mass is 9.74. The maximum atomic E-state index is 14.0. The largest absolute Gasteiger partial charge is 0.271 e. The predicted octanol–water partition coefficient (Wildman–Crippen LogP) is 3.71. The first kappa shape index (κ1) is 13.6. The van der Waals surface area contributed by atoms with E-state index in [0.717, 1.165) is 12.8 Å². The zero-order valence-electron chi connectivity index (χ0n) is 10.9. The van der Waals surface area contributed by atoms with Crippen molar-refractivity contribution >= 4 is 11.6 Å². The van der Waals surface area contributed by atoms with Crippen LogP contribution in [0.4, 0.5) is 4.39 Å². The van der Waals surface area contributed by atoms with E-state index in [1.807, 2.05) is 12.1 Å². The Hall–Kier alpha value is -1.42. The van der Waals surface area contributed by atoms with Gasteiger partial charge in [0.15, 0.2) is 0 Å². The Morgan fingerprint density at radius 3 is 2.75 bits per heavy atom. The Morgan fingerprint density at radius 2 is 2.05 bits per heavy atom. The van der Waals surface area contributed by atoms with Crippen LogP contribution >= 0.6 is 11.6 Å². The van der Waals surface area contributed by atoms with Crippen LogP contribution in [0.3, 0.4) is 0 Å². The van der Waals surface area contributed by atoms with Gasteiger partial charge in [0.05, 0.1) is 6.04 Å². The van der Waals surface area contributed by atoms with Crippen molar-refractivity contribution in [2.45, 2.75) is 24.8 Å². The topological polar surface area (TPSA) is 38.0 Å². The summed E-state index contributed by atoms with van der Waals surface area (Å²) in [5.74, 6) is 5.71. The minimum atomic E-state index is -0.312. The van der Waals surface area contributed by atoms with Crippen LogP contribution in [-0.4, -0.2) is 0 Å². The molecule has 3 rings (SSSR count). The minimum absolute atomic E-state index is 0.276. The molecule has 2 atom stereocenters. The summed E-state index contributed by atoms with van der Waals surface area (Å²) in [6, 6.07) is 12.8. The van der Waals surface area contributed by atoms with Gasteiger partial charge in [-0.3, -0.25) is 11.3 Å². The second kappa shape index (κ2) is 5.52. The summed E-state index contributed by atoms with van der Waals surface area (Å²) in [5.41, 5.74) is 5.87. The molecule has 1 aliphatic rings. The third-order valence-electron chi connectivity index (χ3n) is 4.03. The molecule has 2 nitrogen and oxygen atoms in total. The number of hydrazine groups is 1. The molecule has 0 spiro atoms. The van der Waals surface area contributed by atoms with Crippen LogP contribution in [0.2, 0.25) is 5.02 Å². The molecule has 3 N–H and O–H groups in total. The maximum Gasteiger partial charge on any atom is 0.129 e. The number of hydrogen-bond acceptors (Lipinski definition) is 2. The van der Waals surface area contributed by atoms with Gasteiger partial charge >= 0.3 is 0 Å². The Balaban J connectivity index is 1.83. The fourth-order valence-electron chi connectivity index (χ4n) is 2.97. The van der Waals surface area contributed by atoms with E-state index in [2.05, 4.69) is 17.6 Å². The van der Waals surface area contributed by atoms with Crippen molar-refractivity contribution in [1.82, 2.24) is 5.43 Å². The first-order chi connectivity index (χ1) is 9.70. The SMILES string of the molecule is NNC(CC1Cc2ccccc21)c1c(F)cccc1Cl. The van der Waals surface area contributed by atoms with Crippen LogP contribution in [0.25, 0.3) is 0 Å². The molecule has 1 aliphatic carbocycles. The van der Waals surface area contributed by atoms with Crippen molar-refractivity contribution < 1.29 is 4.39 Å². The van der Waals surface area contributed by atoms with Gasteiger partial charge in [-0.15, -0.1) is 0 Å². The molecular formula is C16H16ClFN2. The highest BCUT2D eigenvalue weighted by atomic mass is 35.5. The smallest absolute Gasteiger partial charge is 0.129 e. The molecule has 0 amide bonds. The van der Waals surface area contributed by atoms with Crippen LogP contribution in [0, 0.1) is 5.82 Å². The van der Waals surface area contributed by atoms with E-state index in [9.17, 15) is 4.39 Å². The molecule has 0 aromatic heterocycles. The summed E-state index contributed by atoms with van der Waals surface area (Å²) in [7, 11) is 0. The summed E-state index contributed by atoms with van der Waals surface area (Å²) < 4.78 is 14.0. The Kier molecular flexibility index (Phi) is 3.74. The predicted molar refractivity (Wildman–Crippen MR) is 79.0 cm³/mol. The molecule has 104 valence electrons. The zero-order chi connectivity index (χ0) is 14.1. The number of benzene rings is 2. The molecule has 0 saturated heterocycles. The van der Waals surface area contributed by atoms with Gasteiger partial charge in [-0.25, -0.2) is 4.39 Å². The lowest BCUT2D eigenvalue weighted by Gasteiger charge is -2.33. The third kappa shape index (κ3) is 2.33. The van der Waals surface area contributed by atoms with Crippen molar-refractivity contribution in [2.24, 2.45) is 5.84 Å². The third-order valence-corrected chi connectivity index (χ3v) is 4.36. The van der Waals surface area contributed by atoms with E-state index in [1.165, 1.54) is 17.2 Å². The van der Waals surface area contributed by atoms with E-state index in [1.54, 1.807) is 12.1 Å². The minimum Gasteiger partial charge on any atom is -0.271 e.